The summed E-state index contributed by atoms with van der Waals surface area (Å²) < 4.78 is 1.82. The van der Waals surface area contributed by atoms with Crippen molar-refractivity contribution >= 4 is 34.4 Å². The maximum Gasteiger partial charge on any atom is 0.261 e. The molecule has 0 saturated heterocycles. The van der Waals surface area contributed by atoms with E-state index >= 15 is 0 Å². The lowest BCUT2D eigenvalue weighted by molar-refractivity contribution is -0.123. The molecular formula is C25H21N5O2. The topological polar surface area (TPSA) is 79.1 Å². The summed E-state index contributed by atoms with van der Waals surface area (Å²) in [7, 11) is 0. The van der Waals surface area contributed by atoms with E-state index in [1.165, 1.54) is 5.56 Å². The van der Waals surface area contributed by atoms with E-state index in [9.17, 15) is 9.59 Å². The number of rotatable bonds is 3. The number of carbonyl (C=O) groups excluding carboxylic acids is 2. The van der Waals surface area contributed by atoms with Crippen molar-refractivity contribution in [1.82, 2.24) is 14.7 Å². The molecule has 0 aliphatic carbocycles. The maximum atomic E-state index is 13.1. The van der Waals surface area contributed by atoms with Crippen molar-refractivity contribution in [2.45, 2.75) is 26.3 Å². The predicted octanol–water partition coefficient (Wildman–Crippen LogP) is 3.11. The minimum atomic E-state index is -0.438. The second-order valence-electron chi connectivity index (χ2n) is 8.62. The van der Waals surface area contributed by atoms with Crippen LogP contribution in [0.25, 0.3) is 11.2 Å². The van der Waals surface area contributed by atoms with Gasteiger partial charge in [0.05, 0.1) is 34.4 Å². The van der Waals surface area contributed by atoms with Crippen molar-refractivity contribution in [2.24, 2.45) is 10.9 Å². The molecule has 3 aliphatic heterocycles. The smallest absolute Gasteiger partial charge is 0.261 e. The standard InChI is InChI=1S/C25H21N5O2/c1-14(2)17-12-15-6-5-7-16-22(26-9-11-30(17)23(15)16)21-20(24(31)28-25(21)32)18-13-27-19-8-3-4-10-29(18)19/h3-11,13-14,17H,12H2,1-2H3,(H,28,31,32). The third-order valence-electron chi connectivity index (χ3n) is 6.46. The van der Waals surface area contributed by atoms with Gasteiger partial charge < -0.3 is 4.90 Å². The number of imide groups is 1. The van der Waals surface area contributed by atoms with Gasteiger partial charge in [-0.25, -0.2) is 4.98 Å². The fraction of sp³-hybridized carbons (Fsp3) is 0.200. The van der Waals surface area contributed by atoms with E-state index in [2.05, 4.69) is 40.1 Å². The van der Waals surface area contributed by atoms with Crippen LogP contribution >= 0.6 is 0 Å². The fourth-order valence-corrected chi connectivity index (χ4v) is 4.97. The monoisotopic (exact) mass is 423 g/mol. The van der Waals surface area contributed by atoms with Crippen molar-refractivity contribution in [3.05, 3.63) is 83.6 Å². The minimum Gasteiger partial charge on any atom is -0.342 e. The second kappa shape index (κ2) is 6.75. The lowest BCUT2D eigenvalue weighted by Crippen LogP contribution is -2.32. The Labute approximate surface area is 184 Å². The molecule has 1 atom stereocenters. The summed E-state index contributed by atoms with van der Waals surface area (Å²) in [6.45, 7) is 4.43. The van der Waals surface area contributed by atoms with Crippen molar-refractivity contribution in [3.8, 4) is 0 Å². The third-order valence-corrected chi connectivity index (χ3v) is 6.46. The number of nitrogens with zero attached hydrogens (tertiary/aromatic N) is 4. The molecule has 3 aliphatic rings. The van der Waals surface area contributed by atoms with Crippen LogP contribution in [0.4, 0.5) is 5.69 Å². The van der Waals surface area contributed by atoms with Gasteiger partial charge in [-0.15, -0.1) is 0 Å². The number of pyridine rings is 1. The van der Waals surface area contributed by atoms with Gasteiger partial charge in [-0.1, -0.05) is 38.1 Å². The molecule has 0 radical (unpaired) electrons. The quantitative estimate of drug-likeness (QED) is 0.657. The van der Waals surface area contributed by atoms with E-state index in [4.69, 9.17) is 0 Å². The van der Waals surface area contributed by atoms with Gasteiger partial charge in [0.1, 0.15) is 5.65 Å². The number of nitrogens with one attached hydrogen (secondary N) is 1. The molecule has 2 aromatic heterocycles. The Morgan fingerprint density at radius 1 is 1.06 bits per heavy atom. The van der Waals surface area contributed by atoms with Crippen molar-refractivity contribution in [3.63, 3.8) is 0 Å². The number of hydrogen-bond donors (Lipinski definition) is 1. The number of carbonyl (C=O) groups is 2. The fourth-order valence-electron chi connectivity index (χ4n) is 4.97. The van der Waals surface area contributed by atoms with Gasteiger partial charge in [0.2, 0.25) is 0 Å². The summed E-state index contributed by atoms with van der Waals surface area (Å²) in [6.07, 6.45) is 8.11. The molecule has 0 fully saturated rings. The highest BCUT2D eigenvalue weighted by atomic mass is 16.2. The first kappa shape index (κ1) is 18.7. The molecule has 0 spiro atoms. The number of fused-ring (bicyclic) bond motifs is 1. The van der Waals surface area contributed by atoms with Crippen molar-refractivity contribution in [1.29, 1.82) is 0 Å². The SMILES string of the molecule is CC(C)C1Cc2cccc3c2N1C=CN=C3C1=C(c2cnc3ccccn23)C(=O)NC1=O. The second-order valence-corrected chi connectivity index (χ2v) is 8.62. The molecule has 0 saturated carbocycles. The largest absolute Gasteiger partial charge is 0.342 e. The Morgan fingerprint density at radius 2 is 1.91 bits per heavy atom. The van der Waals surface area contributed by atoms with Gasteiger partial charge in [-0.3, -0.25) is 24.3 Å². The lowest BCUT2D eigenvalue weighted by atomic mass is 9.94. The van der Waals surface area contributed by atoms with Gasteiger partial charge in [0, 0.05) is 30.2 Å². The van der Waals surface area contributed by atoms with Crippen molar-refractivity contribution in [2.75, 3.05) is 4.90 Å². The Morgan fingerprint density at radius 3 is 2.75 bits per heavy atom. The average Bonchev–Trinajstić information content (AvgIpc) is 3.40. The van der Waals surface area contributed by atoms with E-state index in [0.29, 0.717) is 34.6 Å². The van der Waals surface area contributed by atoms with Crippen LogP contribution in [0.3, 0.4) is 0 Å². The number of amides is 2. The normalized spacial score (nSPS) is 19.7. The molecule has 0 bridgehead atoms. The molecule has 32 heavy (non-hydrogen) atoms. The number of aliphatic imine (C=N–C) groups is 1. The third kappa shape index (κ3) is 2.54. The van der Waals surface area contributed by atoms with Crippen LogP contribution in [0.5, 0.6) is 0 Å². The summed E-state index contributed by atoms with van der Waals surface area (Å²) in [6, 6.07) is 12.0. The zero-order chi connectivity index (χ0) is 22.0. The Bertz CT molecular complexity index is 1410. The molecule has 2 amide bonds. The zero-order valence-corrected chi connectivity index (χ0v) is 17.7. The van der Waals surface area contributed by atoms with E-state index in [1.54, 1.807) is 12.4 Å². The van der Waals surface area contributed by atoms with Crippen LogP contribution in [-0.4, -0.2) is 33.0 Å². The van der Waals surface area contributed by atoms with E-state index in [1.807, 2.05) is 47.1 Å². The molecule has 7 nitrogen and oxygen atoms in total. The number of aromatic nitrogens is 2. The van der Waals surface area contributed by atoms with Gasteiger partial charge in [-0.05, 0) is 30.0 Å². The number of benzene rings is 1. The zero-order valence-electron chi connectivity index (χ0n) is 17.7. The Kier molecular flexibility index (Phi) is 3.95. The van der Waals surface area contributed by atoms with Crippen LogP contribution in [0.2, 0.25) is 0 Å². The van der Waals surface area contributed by atoms with Crippen LogP contribution < -0.4 is 10.2 Å². The molecule has 1 N–H and O–H groups in total. The first-order chi connectivity index (χ1) is 15.5. The molecule has 1 unspecified atom stereocenters. The first-order valence-electron chi connectivity index (χ1n) is 10.7. The minimum absolute atomic E-state index is 0.286. The van der Waals surface area contributed by atoms with Crippen LogP contribution in [-0.2, 0) is 16.0 Å². The number of anilines is 1. The lowest BCUT2D eigenvalue weighted by Gasteiger charge is -2.27. The summed E-state index contributed by atoms with van der Waals surface area (Å²) >= 11 is 0. The molecule has 6 rings (SSSR count). The first-order valence-corrected chi connectivity index (χ1v) is 10.7. The molecule has 7 heteroatoms. The highest BCUT2D eigenvalue weighted by Gasteiger charge is 2.40. The molecule has 3 aromatic rings. The van der Waals surface area contributed by atoms with Crippen LogP contribution in [0.15, 0.2) is 71.8 Å². The van der Waals surface area contributed by atoms with Gasteiger partial charge in [0.15, 0.2) is 0 Å². The Hall–Kier alpha value is -4.00. The number of para-hydroxylation sites is 1. The average molecular weight is 423 g/mol. The van der Waals surface area contributed by atoms with Crippen LogP contribution in [0.1, 0.15) is 30.7 Å². The number of hydrogen-bond acceptors (Lipinski definition) is 5. The van der Waals surface area contributed by atoms with Gasteiger partial charge in [0.25, 0.3) is 11.8 Å². The highest BCUT2D eigenvalue weighted by Crippen LogP contribution is 2.41. The van der Waals surface area contributed by atoms with Crippen LogP contribution in [0, 0.1) is 5.92 Å². The summed E-state index contributed by atoms with van der Waals surface area (Å²) in [5.41, 5.74) is 5.52. The molecule has 5 heterocycles. The predicted molar refractivity (Wildman–Crippen MR) is 122 cm³/mol. The molecular weight excluding hydrogens is 402 g/mol. The van der Waals surface area contributed by atoms with E-state index < -0.39 is 11.8 Å². The summed E-state index contributed by atoms with van der Waals surface area (Å²) in [4.78, 5) is 37.4. The molecule has 1 aromatic carbocycles. The van der Waals surface area contributed by atoms with Gasteiger partial charge in [-0.2, -0.15) is 0 Å². The molecule has 158 valence electrons. The number of imidazole rings is 1. The summed E-state index contributed by atoms with van der Waals surface area (Å²) in [5, 5.41) is 2.48. The van der Waals surface area contributed by atoms with E-state index in [-0.39, 0.29) is 5.57 Å². The van der Waals surface area contributed by atoms with E-state index in [0.717, 1.165) is 17.7 Å². The highest BCUT2D eigenvalue weighted by molar-refractivity contribution is 6.47. The van der Waals surface area contributed by atoms with Crippen molar-refractivity contribution < 1.29 is 9.59 Å². The summed E-state index contributed by atoms with van der Waals surface area (Å²) in [5.74, 6) is -0.422. The van der Waals surface area contributed by atoms with Gasteiger partial charge >= 0.3 is 0 Å². The maximum absolute atomic E-state index is 13.1. The Balaban J connectivity index is 1.59.